The maximum atomic E-state index is 11.1. The third-order valence-corrected chi connectivity index (χ3v) is 2.70. The monoisotopic (exact) mass is 227 g/mol. The van der Waals surface area contributed by atoms with Crippen molar-refractivity contribution in [2.75, 3.05) is 0 Å². The Labute approximate surface area is 96.5 Å². The molecule has 5 nitrogen and oxygen atoms in total. The van der Waals surface area contributed by atoms with Crippen LogP contribution in [0, 0.1) is 5.92 Å². The molecule has 0 aliphatic rings. The Morgan fingerprint density at radius 1 is 1.31 bits per heavy atom. The average Bonchev–Trinajstić information content (AvgIpc) is 2.25. The highest BCUT2D eigenvalue weighted by Crippen LogP contribution is 2.21. The summed E-state index contributed by atoms with van der Waals surface area (Å²) in [4.78, 5) is 13.9. The average molecular weight is 227 g/mol. The molecular weight excluding hydrogens is 206 g/mol. The van der Waals surface area contributed by atoms with E-state index in [0.717, 1.165) is 25.7 Å². The van der Waals surface area contributed by atoms with E-state index in [1.807, 2.05) is 13.8 Å². The topological polar surface area (TPSA) is 86.1 Å². The molecule has 0 unspecified atom stereocenters. The van der Waals surface area contributed by atoms with Crippen LogP contribution in [0.15, 0.2) is 5.11 Å². The molecule has 16 heavy (non-hydrogen) atoms. The molecule has 0 saturated heterocycles. The number of hydrogen-bond donors (Lipinski definition) is 1. The van der Waals surface area contributed by atoms with E-state index in [-0.39, 0.29) is 0 Å². The van der Waals surface area contributed by atoms with Gasteiger partial charge < -0.3 is 5.11 Å². The summed E-state index contributed by atoms with van der Waals surface area (Å²) in [5, 5.41) is 12.7. The van der Waals surface area contributed by atoms with Crippen molar-refractivity contribution in [2.45, 2.75) is 58.4 Å². The zero-order valence-electron chi connectivity index (χ0n) is 10.1. The van der Waals surface area contributed by atoms with E-state index < -0.39 is 17.9 Å². The number of nitrogens with zero attached hydrogens (tertiary/aromatic N) is 3. The van der Waals surface area contributed by atoms with E-state index in [0.29, 0.717) is 12.8 Å². The van der Waals surface area contributed by atoms with Crippen LogP contribution in [0.2, 0.25) is 0 Å². The lowest BCUT2D eigenvalue weighted by atomic mass is 9.91. The number of carboxylic acids is 1. The maximum Gasteiger partial charge on any atom is 0.306 e. The van der Waals surface area contributed by atoms with Gasteiger partial charge in [0.2, 0.25) is 0 Å². The fourth-order valence-electron chi connectivity index (χ4n) is 1.72. The molecule has 1 N–H and O–H groups in total. The van der Waals surface area contributed by atoms with Crippen molar-refractivity contribution in [2.24, 2.45) is 11.0 Å². The van der Waals surface area contributed by atoms with Gasteiger partial charge in [0.15, 0.2) is 0 Å². The molecule has 0 amide bonds. The molecule has 5 heteroatoms. The first-order valence-corrected chi connectivity index (χ1v) is 5.94. The molecule has 0 spiro atoms. The first kappa shape index (κ1) is 14.8. The second kappa shape index (κ2) is 9.04. The Kier molecular flexibility index (Phi) is 8.35. The van der Waals surface area contributed by atoms with Crippen molar-refractivity contribution in [1.82, 2.24) is 0 Å². The predicted molar refractivity (Wildman–Crippen MR) is 63.1 cm³/mol. The highest BCUT2D eigenvalue weighted by Gasteiger charge is 2.26. The summed E-state index contributed by atoms with van der Waals surface area (Å²) < 4.78 is 0. The smallest absolute Gasteiger partial charge is 0.306 e. The molecule has 0 aliphatic heterocycles. The summed E-state index contributed by atoms with van der Waals surface area (Å²) in [5.41, 5.74) is 8.46. The Morgan fingerprint density at radius 3 is 2.31 bits per heavy atom. The summed E-state index contributed by atoms with van der Waals surface area (Å²) >= 11 is 0. The van der Waals surface area contributed by atoms with Gasteiger partial charge in [-0.15, -0.1) is 0 Å². The normalized spacial score (nSPS) is 13.9. The third kappa shape index (κ3) is 5.61. The van der Waals surface area contributed by atoms with E-state index in [1.165, 1.54) is 0 Å². The summed E-state index contributed by atoms with van der Waals surface area (Å²) in [6, 6.07) is -0.394. The molecule has 0 aromatic rings. The van der Waals surface area contributed by atoms with Crippen LogP contribution in [0.4, 0.5) is 0 Å². The minimum absolute atomic E-state index is 0.394. The Hall–Kier alpha value is -1.22. The molecular formula is C11H21N3O2. The molecule has 0 bridgehead atoms. The Balaban J connectivity index is 4.51. The second-order valence-electron chi connectivity index (χ2n) is 4.00. The van der Waals surface area contributed by atoms with Crippen LogP contribution in [0.25, 0.3) is 10.4 Å². The van der Waals surface area contributed by atoms with Crippen LogP contribution in [-0.2, 0) is 4.79 Å². The summed E-state index contributed by atoms with van der Waals surface area (Å²) in [6.07, 6.45) is 4.97. The van der Waals surface area contributed by atoms with Crippen molar-refractivity contribution in [3.63, 3.8) is 0 Å². The van der Waals surface area contributed by atoms with Gasteiger partial charge in [-0.25, -0.2) is 0 Å². The minimum Gasteiger partial charge on any atom is -0.481 e. The molecule has 0 heterocycles. The van der Waals surface area contributed by atoms with Crippen LogP contribution in [0.5, 0.6) is 0 Å². The fourth-order valence-corrected chi connectivity index (χ4v) is 1.72. The molecule has 0 radical (unpaired) electrons. The highest BCUT2D eigenvalue weighted by atomic mass is 16.4. The number of carbonyl (C=O) groups is 1. The van der Waals surface area contributed by atoms with Crippen LogP contribution in [0.1, 0.15) is 52.4 Å². The van der Waals surface area contributed by atoms with E-state index in [9.17, 15) is 4.79 Å². The molecule has 0 fully saturated rings. The fraction of sp³-hybridized carbons (Fsp3) is 0.909. The van der Waals surface area contributed by atoms with Gasteiger partial charge in [-0.2, -0.15) is 0 Å². The van der Waals surface area contributed by atoms with Crippen molar-refractivity contribution in [1.29, 1.82) is 0 Å². The minimum atomic E-state index is -0.845. The van der Waals surface area contributed by atoms with Gasteiger partial charge in [-0.05, 0) is 18.4 Å². The van der Waals surface area contributed by atoms with Crippen LogP contribution in [-0.4, -0.2) is 17.1 Å². The van der Waals surface area contributed by atoms with Gasteiger partial charge >= 0.3 is 5.97 Å². The summed E-state index contributed by atoms with van der Waals surface area (Å²) in [5.74, 6) is -1.37. The lowest BCUT2D eigenvalue weighted by Gasteiger charge is -2.19. The lowest BCUT2D eigenvalue weighted by Crippen LogP contribution is -2.26. The number of aliphatic carboxylic acids is 1. The van der Waals surface area contributed by atoms with Crippen molar-refractivity contribution in [3.8, 4) is 0 Å². The summed E-state index contributed by atoms with van der Waals surface area (Å²) in [7, 11) is 0. The number of unbranched alkanes of at least 4 members (excludes halogenated alkanes) is 2. The maximum absolute atomic E-state index is 11.1. The van der Waals surface area contributed by atoms with Crippen LogP contribution < -0.4 is 0 Å². The SMILES string of the molecule is CCCC[C@H](C(=O)O)[C@@H](CCCC)N=[N+]=[N-]. The first-order valence-electron chi connectivity index (χ1n) is 5.94. The van der Waals surface area contributed by atoms with Crippen molar-refractivity contribution < 1.29 is 9.90 Å². The Bertz CT molecular complexity index is 238. The molecule has 0 aromatic heterocycles. The van der Waals surface area contributed by atoms with Crippen molar-refractivity contribution >= 4 is 5.97 Å². The summed E-state index contributed by atoms with van der Waals surface area (Å²) in [6.45, 7) is 4.06. The van der Waals surface area contributed by atoms with E-state index in [4.69, 9.17) is 10.6 Å². The van der Waals surface area contributed by atoms with E-state index in [1.54, 1.807) is 0 Å². The molecule has 0 aliphatic carbocycles. The van der Waals surface area contributed by atoms with Crippen LogP contribution in [0.3, 0.4) is 0 Å². The van der Waals surface area contributed by atoms with Gasteiger partial charge in [0.1, 0.15) is 0 Å². The Morgan fingerprint density at radius 2 is 1.88 bits per heavy atom. The van der Waals surface area contributed by atoms with Crippen LogP contribution >= 0.6 is 0 Å². The van der Waals surface area contributed by atoms with Gasteiger partial charge in [0.05, 0.1) is 12.0 Å². The van der Waals surface area contributed by atoms with E-state index in [2.05, 4.69) is 10.0 Å². The largest absolute Gasteiger partial charge is 0.481 e. The zero-order chi connectivity index (χ0) is 12.4. The lowest BCUT2D eigenvalue weighted by molar-refractivity contribution is -0.142. The van der Waals surface area contributed by atoms with Gasteiger partial charge in [-0.3, -0.25) is 4.79 Å². The molecule has 0 saturated carbocycles. The zero-order valence-corrected chi connectivity index (χ0v) is 10.1. The molecule has 0 rings (SSSR count). The standard InChI is InChI=1S/C11H21N3O2/c1-3-5-7-9(11(15)16)10(13-14-12)8-6-4-2/h9-10H,3-8H2,1-2H3,(H,15,16)/t9-,10+/m0/s1. The number of carboxylic acid groups (broad SMARTS) is 1. The van der Waals surface area contributed by atoms with Gasteiger partial charge in [-0.1, -0.05) is 44.6 Å². The number of hydrogen-bond acceptors (Lipinski definition) is 2. The highest BCUT2D eigenvalue weighted by molar-refractivity contribution is 5.70. The molecule has 2 atom stereocenters. The van der Waals surface area contributed by atoms with Crippen molar-refractivity contribution in [3.05, 3.63) is 10.4 Å². The molecule has 92 valence electrons. The van der Waals surface area contributed by atoms with E-state index >= 15 is 0 Å². The van der Waals surface area contributed by atoms with Gasteiger partial charge in [0, 0.05) is 4.91 Å². The quantitative estimate of drug-likeness (QED) is 0.369. The molecule has 0 aromatic carbocycles. The third-order valence-electron chi connectivity index (χ3n) is 2.70. The number of rotatable bonds is 9. The van der Waals surface area contributed by atoms with Gasteiger partial charge in [0.25, 0.3) is 0 Å². The number of azide groups is 1. The second-order valence-corrected chi connectivity index (χ2v) is 4.00. The predicted octanol–water partition coefficient (Wildman–Crippen LogP) is 3.75. The first-order chi connectivity index (χ1) is 7.67.